The molecule has 5 nitrogen and oxygen atoms in total. The summed E-state index contributed by atoms with van der Waals surface area (Å²) in [4.78, 5) is 4.56. The third-order valence-electron chi connectivity index (χ3n) is 2.70. The number of hydrogen-bond acceptors (Lipinski definition) is 3. The van der Waals surface area contributed by atoms with Gasteiger partial charge < -0.3 is 20.1 Å². The van der Waals surface area contributed by atoms with Crippen LogP contribution in [0.4, 0.5) is 0 Å². The van der Waals surface area contributed by atoms with Crippen molar-refractivity contribution in [1.29, 1.82) is 0 Å². The monoisotopic (exact) mass is 279 g/mol. The van der Waals surface area contributed by atoms with E-state index in [1.54, 1.807) is 14.2 Å². The molecule has 0 amide bonds. The fourth-order valence-electron chi connectivity index (χ4n) is 1.79. The summed E-state index contributed by atoms with van der Waals surface area (Å²) in [5.41, 5.74) is 1.11. The van der Waals surface area contributed by atoms with E-state index in [9.17, 15) is 0 Å². The van der Waals surface area contributed by atoms with Crippen molar-refractivity contribution in [2.24, 2.45) is 4.99 Å². The van der Waals surface area contributed by atoms with Crippen LogP contribution < -0.4 is 15.4 Å². The Kier molecular flexibility index (Phi) is 7.50. The average molecular weight is 279 g/mol. The summed E-state index contributed by atoms with van der Waals surface area (Å²) in [6.07, 6.45) is 0. The molecule has 0 radical (unpaired) electrons. The standard InChI is InChI=1S/C15H25N3O2/c1-5-16-15(18-12(2)11-19-3)17-10-13-7-6-8-14(9-13)20-4/h6-9,12H,5,10-11H2,1-4H3,(H2,16,17,18). The van der Waals surface area contributed by atoms with Gasteiger partial charge in [0.1, 0.15) is 5.75 Å². The molecule has 1 atom stereocenters. The number of benzene rings is 1. The molecule has 2 N–H and O–H groups in total. The summed E-state index contributed by atoms with van der Waals surface area (Å²) in [5, 5.41) is 6.52. The van der Waals surface area contributed by atoms with Crippen LogP contribution in [0, 0.1) is 0 Å². The number of hydrogen-bond donors (Lipinski definition) is 2. The van der Waals surface area contributed by atoms with Gasteiger partial charge in [0.15, 0.2) is 5.96 Å². The summed E-state index contributed by atoms with van der Waals surface area (Å²) in [5.74, 6) is 1.64. The fraction of sp³-hybridized carbons (Fsp3) is 0.533. The van der Waals surface area contributed by atoms with Crippen LogP contribution in [0.25, 0.3) is 0 Å². The smallest absolute Gasteiger partial charge is 0.191 e. The zero-order valence-electron chi connectivity index (χ0n) is 12.8. The predicted octanol–water partition coefficient (Wildman–Crippen LogP) is 1.79. The summed E-state index contributed by atoms with van der Waals surface area (Å²) < 4.78 is 10.3. The Balaban J connectivity index is 2.65. The highest BCUT2D eigenvalue weighted by Crippen LogP contribution is 2.13. The molecular weight excluding hydrogens is 254 g/mol. The molecule has 0 aliphatic rings. The van der Waals surface area contributed by atoms with E-state index in [0.717, 1.165) is 23.8 Å². The van der Waals surface area contributed by atoms with Crippen molar-refractivity contribution >= 4 is 5.96 Å². The highest BCUT2D eigenvalue weighted by molar-refractivity contribution is 5.80. The van der Waals surface area contributed by atoms with Gasteiger partial charge in [0.25, 0.3) is 0 Å². The van der Waals surface area contributed by atoms with Crippen LogP contribution >= 0.6 is 0 Å². The molecule has 20 heavy (non-hydrogen) atoms. The van der Waals surface area contributed by atoms with Crippen molar-refractivity contribution < 1.29 is 9.47 Å². The number of rotatable bonds is 7. The van der Waals surface area contributed by atoms with Crippen LogP contribution in [0.15, 0.2) is 29.3 Å². The lowest BCUT2D eigenvalue weighted by Crippen LogP contribution is -2.43. The molecule has 5 heteroatoms. The number of nitrogens with zero attached hydrogens (tertiary/aromatic N) is 1. The van der Waals surface area contributed by atoms with Gasteiger partial charge in [-0.1, -0.05) is 12.1 Å². The first-order valence-corrected chi connectivity index (χ1v) is 6.86. The third kappa shape index (κ3) is 5.93. The minimum Gasteiger partial charge on any atom is -0.497 e. The van der Waals surface area contributed by atoms with E-state index in [1.807, 2.05) is 31.2 Å². The maximum Gasteiger partial charge on any atom is 0.191 e. The van der Waals surface area contributed by atoms with E-state index in [0.29, 0.717) is 13.2 Å². The van der Waals surface area contributed by atoms with Crippen molar-refractivity contribution in [2.75, 3.05) is 27.4 Å². The third-order valence-corrected chi connectivity index (χ3v) is 2.70. The number of ether oxygens (including phenoxy) is 2. The maximum atomic E-state index is 5.21. The topological polar surface area (TPSA) is 54.9 Å². The van der Waals surface area contributed by atoms with Crippen molar-refractivity contribution in [3.05, 3.63) is 29.8 Å². The Labute approximate surface area is 121 Å². The largest absolute Gasteiger partial charge is 0.497 e. The number of nitrogens with one attached hydrogen (secondary N) is 2. The molecule has 1 aromatic rings. The Hall–Kier alpha value is -1.75. The van der Waals surface area contributed by atoms with Crippen LogP contribution in [0.5, 0.6) is 5.75 Å². The molecular formula is C15H25N3O2. The molecule has 0 saturated carbocycles. The molecule has 1 rings (SSSR count). The van der Waals surface area contributed by atoms with E-state index in [1.165, 1.54) is 0 Å². The number of aliphatic imine (C=N–C) groups is 1. The molecule has 112 valence electrons. The normalized spacial score (nSPS) is 12.9. The van der Waals surface area contributed by atoms with Gasteiger partial charge in [-0.15, -0.1) is 0 Å². The molecule has 0 aliphatic heterocycles. The fourth-order valence-corrected chi connectivity index (χ4v) is 1.79. The van der Waals surface area contributed by atoms with Gasteiger partial charge in [0, 0.05) is 19.7 Å². The quantitative estimate of drug-likeness (QED) is 0.590. The molecule has 0 fully saturated rings. The Morgan fingerprint density at radius 1 is 1.35 bits per heavy atom. The molecule has 1 unspecified atom stereocenters. The van der Waals surface area contributed by atoms with E-state index >= 15 is 0 Å². The zero-order chi connectivity index (χ0) is 14.8. The van der Waals surface area contributed by atoms with Gasteiger partial charge in [0.2, 0.25) is 0 Å². The molecule has 0 spiro atoms. The van der Waals surface area contributed by atoms with Crippen LogP contribution in [-0.4, -0.2) is 39.4 Å². The molecule has 0 heterocycles. The van der Waals surface area contributed by atoms with Gasteiger partial charge in [-0.25, -0.2) is 4.99 Å². The maximum absolute atomic E-state index is 5.21. The lowest BCUT2D eigenvalue weighted by Gasteiger charge is -2.17. The zero-order valence-corrected chi connectivity index (χ0v) is 12.8. The van der Waals surface area contributed by atoms with Crippen molar-refractivity contribution in [3.8, 4) is 5.75 Å². The van der Waals surface area contributed by atoms with Crippen LogP contribution in [0.1, 0.15) is 19.4 Å². The van der Waals surface area contributed by atoms with Gasteiger partial charge in [0.05, 0.1) is 20.3 Å². The number of methoxy groups -OCH3 is 2. The van der Waals surface area contributed by atoms with E-state index in [-0.39, 0.29) is 6.04 Å². The van der Waals surface area contributed by atoms with Crippen LogP contribution in [0.3, 0.4) is 0 Å². The molecule has 1 aromatic carbocycles. The highest BCUT2D eigenvalue weighted by Gasteiger charge is 2.04. The first-order valence-electron chi connectivity index (χ1n) is 6.86. The minimum absolute atomic E-state index is 0.211. The second-order valence-corrected chi connectivity index (χ2v) is 4.55. The van der Waals surface area contributed by atoms with Gasteiger partial charge in [-0.3, -0.25) is 0 Å². The lowest BCUT2D eigenvalue weighted by molar-refractivity contribution is 0.179. The average Bonchev–Trinajstić information content (AvgIpc) is 2.45. The van der Waals surface area contributed by atoms with E-state index < -0.39 is 0 Å². The second kappa shape index (κ2) is 9.20. The van der Waals surface area contributed by atoms with Crippen molar-refractivity contribution in [2.45, 2.75) is 26.4 Å². The molecule has 0 aromatic heterocycles. The first kappa shape index (κ1) is 16.3. The van der Waals surface area contributed by atoms with Crippen LogP contribution in [0.2, 0.25) is 0 Å². The summed E-state index contributed by atoms with van der Waals surface area (Å²) in [7, 11) is 3.36. The lowest BCUT2D eigenvalue weighted by atomic mass is 10.2. The first-order chi connectivity index (χ1) is 9.69. The van der Waals surface area contributed by atoms with Gasteiger partial charge in [-0.05, 0) is 31.5 Å². The summed E-state index contributed by atoms with van der Waals surface area (Å²) >= 11 is 0. The minimum atomic E-state index is 0.211. The van der Waals surface area contributed by atoms with Gasteiger partial charge >= 0.3 is 0 Å². The Bertz CT molecular complexity index is 421. The van der Waals surface area contributed by atoms with Crippen molar-refractivity contribution in [3.63, 3.8) is 0 Å². The SMILES string of the molecule is CCNC(=NCc1cccc(OC)c1)NC(C)COC. The van der Waals surface area contributed by atoms with E-state index in [2.05, 4.69) is 22.5 Å². The Morgan fingerprint density at radius 3 is 2.80 bits per heavy atom. The second-order valence-electron chi connectivity index (χ2n) is 4.55. The van der Waals surface area contributed by atoms with E-state index in [4.69, 9.17) is 9.47 Å². The predicted molar refractivity (Wildman–Crippen MR) is 82.3 cm³/mol. The number of guanidine groups is 1. The molecule has 0 aliphatic carbocycles. The highest BCUT2D eigenvalue weighted by atomic mass is 16.5. The van der Waals surface area contributed by atoms with Crippen molar-refractivity contribution in [1.82, 2.24) is 10.6 Å². The van der Waals surface area contributed by atoms with Gasteiger partial charge in [-0.2, -0.15) is 0 Å². The Morgan fingerprint density at radius 2 is 2.15 bits per heavy atom. The molecule has 0 bridgehead atoms. The summed E-state index contributed by atoms with van der Waals surface area (Å²) in [6, 6.07) is 8.14. The van der Waals surface area contributed by atoms with Crippen LogP contribution in [-0.2, 0) is 11.3 Å². The molecule has 0 saturated heterocycles. The summed E-state index contributed by atoms with van der Waals surface area (Å²) in [6.45, 7) is 6.17.